The van der Waals surface area contributed by atoms with Crippen molar-refractivity contribution in [3.05, 3.63) is 41.3 Å². The minimum absolute atomic E-state index is 0.139. The highest BCUT2D eigenvalue weighted by Crippen LogP contribution is 2.35. The molecule has 0 bridgehead atoms. The van der Waals surface area contributed by atoms with Crippen LogP contribution in [0.1, 0.15) is 21.6 Å². The fraction of sp³-hybridized carbons (Fsp3) is 0.286. The summed E-state index contributed by atoms with van der Waals surface area (Å²) in [5.74, 6) is 1.28. The normalized spacial score (nSPS) is 12.5. The monoisotopic (exact) mass is 274 g/mol. The second-order valence-electron chi connectivity index (χ2n) is 4.63. The summed E-state index contributed by atoms with van der Waals surface area (Å²) in [7, 11) is 1.73. The molecule has 2 aromatic rings. The Balaban J connectivity index is 1.80. The molecule has 1 aliphatic rings. The molecular weight excluding hydrogens is 260 g/mol. The van der Waals surface area contributed by atoms with Crippen molar-refractivity contribution in [2.24, 2.45) is 0 Å². The molecule has 1 amide bonds. The van der Waals surface area contributed by atoms with Crippen LogP contribution < -0.4 is 9.47 Å². The third kappa shape index (κ3) is 2.09. The first-order chi connectivity index (χ1) is 9.66. The number of aryl methyl sites for hydroxylation is 1. The molecule has 2 heterocycles. The maximum atomic E-state index is 12.3. The fourth-order valence-corrected chi connectivity index (χ4v) is 2.15. The molecule has 1 aromatic heterocycles. The third-order valence-corrected chi connectivity index (χ3v) is 3.21. The summed E-state index contributed by atoms with van der Waals surface area (Å²) in [6.07, 6.45) is 1.36. The van der Waals surface area contributed by atoms with E-state index in [0.29, 0.717) is 29.3 Å². The minimum Gasteiger partial charge on any atom is -0.454 e. The van der Waals surface area contributed by atoms with Crippen molar-refractivity contribution in [1.82, 2.24) is 10.1 Å². The van der Waals surface area contributed by atoms with Gasteiger partial charge in [-0.15, -0.1) is 0 Å². The van der Waals surface area contributed by atoms with Gasteiger partial charge in [-0.25, -0.2) is 0 Å². The van der Waals surface area contributed by atoms with Crippen LogP contribution in [0.2, 0.25) is 0 Å². The van der Waals surface area contributed by atoms with Gasteiger partial charge in [0, 0.05) is 19.2 Å². The predicted octanol–water partition coefficient (Wildman–Crippen LogP) is 1.98. The van der Waals surface area contributed by atoms with Gasteiger partial charge in [0.1, 0.15) is 11.8 Å². The van der Waals surface area contributed by atoms with Crippen molar-refractivity contribution >= 4 is 5.91 Å². The van der Waals surface area contributed by atoms with E-state index in [2.05, 4.69) is 5.16 Å². The topological polar surface area (TPSA) is 64.8 Å². The number of amides is 1. The van der Waals surface area contributed by atoms with Gasteiger partial charge in [-0.2, -0.15) is 0 Å². The zero-order valence-electron chi connectivity index (χ0n) is 11.3. The van der Waals surface area contributed by atoms with Crippen LogP contribution in [0.5, 0.6) is 11.5 Å². The third-order valence-electron chi connectivity index (χ3n) is 3.21. The number of nitrogens with zero attached hydrogens (tertiary/aromatic N) is 2. The Morgan fingerprint density at radius 2 is 2.25 bits per heavy atom. The van der Waals surface area contributed by atoms with E-state index >= 15 is 0 Å². The lowest BCUT2D eigenvalue weighted by Crippen LogP contribution is -2.26. The number of hydrogen-bond acceptors (Lipinski definition) is 5. The lowest BCUT2D eigenvalue weighted by Gasteiger charge is -2.17. The van der Waals surface area contributed by atoms with Crippen molar-refractivity contribution in [1.29, 1.82) is 0 Å². The Bertz CT molecular complexity index is 650. The minimum atomic E-state index is -0.139. The zero-order valence-corrected chi connectivity index (χ0v) is 11.3. The van der Waals surface area contributed by atoms with E-state index in [1.54, 1.807) is 18.9 Å². The van der Waals surface area contributed by atoms with Crippen LogP contribution >= 0.6 is 0 Å². The summed E-state index contributed by atoms with van der Waals surface area (Å²) in [6.45, 7) is 2.38. The maximum absolute atomic E-state index is 12.3. The zero-order chi connectivity index (χ0) is 14.1. The predicted molar refractivity (Wildman–Crippen MR) is 69.6 cm³/mol. The van der Waals surface area contributed by atoms with E-state index in [0.717, 1.165) is 5.56 Å². The Labute approximate surface area is 115 Å². The van der Waals surface area contributed by atoms with Crippen LogP contribution in [0.3, 0.4) is 0 Å². The number of fused-ring (bicyclic) bond motifs is 1. The molecule has 0 spiro atoms. The van der Waals surface area contributed by atoms with Crippen molar-refractivity contribution in [2.75, 3.05) is 13.8 Å². The molecule has 0 unspecified atom stereocenters. The van der Waals surface area contributed by atoms with Gasteiger partial charge in [-0.1, -0.05) is 17.3 Å². The van der Waals surface area contributed by atoms with Gasteiger partial charge >= 0.3 is 0 Å². The van der Waals surface area contributed by atoms with Gasteiger partial charge in [-0.3, -0.25) is 4.79 Å². The number of carbonyl (C=O) groups is 1. The highest BCUT2D eigenvalue weighted by atomic mass is 16.7. The number of aromatic nitrogens is 1. The van der Waals surface area contributed by atoms with Crippen LogP contribution in [-0.2, 0) is 6.54 Å². The molecule has 0 saturated heterocycles. The molecule has 6 heteroatoms. The lowest BCUT2D eigenvalue weighted by molar-refractivity contribution is 0.0782. The quantitative estimate of drug-likeness (QED) is 0.856. The van der Waals surface area contributed by atoms with Crippen molar-refractivity contribution in [2.45, 2.75) is 13.5 Å². The number of benzene rings is 1. The largest absolute Gasteiger partial charge is 0.454 e. The first-order valence-electron chi connectivity index (χ1n) is 6.20. The van der Waals surface area contributed by atoms with E-state index in [9.17, 15) is 4.79 Å². The van der Waals surface area contributed by atoms with E-state index in [-0.39, 0.29) is 12.7 Å². The van der Waals surface area contributed by atoms with Gasteiger partial charge in [0.05, 0.1) is 5.69 Å². The molecule has 1 aliphatic heterocycles. The molecular formula is C14H14N2O4. The lowest BCUT2D eigenvalue weighted by atomic mass is 10.1. The Morgan fingerprint density at radius 3 is 3.00 bits per heavy atom. The number of carbonyl (C=O) groups excluding carboxylic acids is 1. The standard InChI is InChI=1S/C14H14N2O4/c1-9-11(7-20-15-9)14(17)16(2)6-10-4-3-5-12-13(10)19-8-18-12/h3-5,7H,6,8H2,1-2H3. The summed E-state index contributed by atoms with van der Waals surface area (Å²) < 4.78 is 15.6. The highest BCUT2D eigenvalue weighted by Gasteiger charge is 2.21. The molecule has 6 nitrogen and oxygen atoms in total. The van der Waals surface area contributed by atoms with E-state index in [4.69, 9.17) is 14.0 Å². The number of ether oxygens (including phenoxy) is 2. The molecule has 0 radical (unpaired) electrons. The van der Waals surface area contributed by atoms with Gasteiger partial charge in [0.2, 0.25) is 6.79 Å². The number of rotatable bonds is 3. The molecule has 0 N–H and O–H groups in total. The number of hydrogen-bond donors (Lipinski definition) is 0. The van der Waals surface area contributed by atoms with Crippen molar-refractivity contribution < 1.29 is 18.8 Å². The van der Waals surface area contributed by atoms with Crippen LogP contribution in [0, 0.1) is 6.92 Å². The summed E-state index contributed by atoms with van der Waals surface area (Å²) in [5, 5.41) is 3.72. The van der Waals surface area contributed by atoms with Gasteiger partial charge in [0.25, 0.3) is 5.91 Å². The average Bonchev–Trinajstić information content (AvgIpc) is 3.06. The van der Waals surface area contributed by atoms with Crippen LogP contribution in [0.4, 0.5) is 0 Å². The van der Waals surface area contributed by atoms with Crippen LogP contribution in [0.15, 0.2) is 29.0 Å². The molecule has 0 fully saturated rings. The Hall–Kier alpha value is -2.50. The summed E-state index contributed by atoms with van der Waals surface area (Å²) in [4.78, 5) is 13.9. The molecule has 0 saturated carbocycles. The summed E-state index contributed by atoms with van der Waals surface area (Å²) in [6, 6.07) is 5.64. The molecule has 3 rings (SSSR count). The van der Waals surface area contributed by atoms with E-state index in [1.807, 2.05) is 18.2 Å². The first-order valence-corrected chi connectivity index (χ1v) is 6.20. The van der Waals surface area contributed by atoms with Crippen molar-refractivity contribution in [3.63, 3.8) is 0 Å². The van der Waals surface area contributed by atoms with Gasteiger partial charge in [-0.05, 0) is 13.0 Å². The second-order valence-corrected chi connectivity index (χ2v) is 4.63. The van der Waals surface area contributed by atoms with E-state index in [1.165, 1.54) is 6.26 Å². The second kappa shape index (κ2) is 4.88. The smallest absolute Gasteiger partial charge is 0.259 e. The maximum Gasteiger partial charge on any atom is 0.259 e. The summed E-state index contributed by atoms with van der Waals surface area (Å²) in [5.41, 5.74) is 1.96. The molecule has 0 atom stereocenters. The Kier molecular flexibility index (Phi) is 3.06. The highest BCUT2D eigenvalue weighted by molar-refractivity contribution is 5.94. The van der Waals surface area contributed by atoms with Crippen LogP contribution in [-0.4, -0.2) is 29.8 Å². The summed E-state index contributed by atoms with van der Waals surface area (Å²) >= 11 is 0. The molecule has 1 aromatic carbocycles. The van der Waals surface area contributed by atoms with Crippen molar-refractivity contribution in [3.8, 4) is 11.5 Å². The average molecular weight is 274 g/mol. The van der Waals surface area contributed by atoms with E-state index < -0.39 is 0 Å². The molecule has 0 aliphatic carbocycles. The van der Waals surface area contributed by atoms with Gasteiger partial charge < -0.3 is 18.9 Å². The first kappa shape index (κ1) is 12.5. The molecule has 104 valence electrons. The van der Waals surface area contributed by atoms with Crippen LogP contribution in [0.25, 0.3) is 0 Å². The number of para-hydroxylation sites is 1. The Morgan fingerprint density at radius 1 is 1.40 bits per heavy atom. The van der Waals surface area contributed by atoms with Gasteiger partial charge in [0.15, 0.2) is 11.5 Å². The SMILES string of the molecule is Cc1nocc1C(=O)N(C)Cc1cccc2c1OCO2. The molecule has 20 heavy (non-hydrogen) atoms. The fourth-order valence-electron chi connectivity index (χ4n) is 2.15.